The normalized spacial score (nSPS) is 11.2. The van der Waals surface area contributed by atoms with Crippen LogP contribution in [0.4, 0.5) is 0 Å². The van der Waals surface area contributed by atoms with Crippen LogP contribution in [0.5, 0.6) is 0 Å². The average Bonchev–Trinajstić information content (AvgIpc) is 3.18. The molecule has 4 aromatic rings. The van der Waals surface area contributed by atoms with Gasteiger partial charge in [-0.2, -0.15) is 0 Å². The van der Waals surface area contributed by atoms with Crippen LogP contribution in [0.1, 0.15) is 16.1 Å². The molecule has 0 aliphatic rings. The van der Waals surface area contributed by atoms with Crippen molar-refractivity contribution in [2.75, 3.05) is 0 Å². The number of nitrogens with zero attached hydrogens (tertiary/aromatic N) is 4. The first-order valence-electron chi connectivity index (χ1n) is 6.21. The van der Waals surface area contributed by atoms with E-state index in [9.17, 15) is 4.79 Å². The van der Waals surface area contributed by atoms with Gasteiger partial charge in [0.1, 0.15) is 16.7 Å². The van der Waals surface area contributed by atoms with E-state index in [0.717, 1.165) is 10.5 Å². The Hall–Kier alpha value is -2.74. The smallest absolute Gasteiger partial charge is 0.271 e. The van der Waals surface area contributed by atoms with Gasteiger partial charge in [0, 0.05) is 24.3 Å². The van der Waals surface area contributed by atoms with E-state index < -0.39 is 0 Å². The van der Waals surface area contributed by atoms with Crippen molar-refractivity contribution in [3.05, 3.63) is 47.2 Å². The number of hydrogen-bond donors (Lipinski definition) is 1. The summed E-state index contributed by atoms with van der Waals surface area (Å²) in [5.74, 6) is -0.204. The Balaban J connectivity index is 1.50. The highest BCUT2D eigenvalue weighted by atomic mass is 32.1. The number of imidazole rings is 1. The molecule has 0 saturated heterocycles. The number of thiazole rings is 1. The highest BCUT2D eigenvalue weighted by Crippen LogP contribution is 2.13. The lowest BCUT2D eigenvalue weighted by molar-refractivity contribution is 0.0946. The Bertz CT molecular complexity index is 910. The van der Waals surface area contributed by atoms with Crippen LogP contribution in [0.25, 0.3) is 16.0 Å². The van der Waals surface area contributed by atoms with Gasteiger partial charge in [0.05, 0.1) is 0 Å². The molecule has 21 heavy (non-hydrogen) atoms. The third-order valence-electron chi connectivity index (χ3n) is 3.10. The van der Waals surface area contributed by atoms with E-state index in [1.807, 2.05) is 28.1 Å². The highest BCUT2D eigenvalue weighted by molar-refractivity contribution is 7.15. The van der Waals surface area contributed by atoms with Gasteiger partial charge >= 0.3 is 0 Å². The van der Waals surface area contributed by atoms with Crippen LogP contribution in [0.3, 0.4) is 0 Å². The Morgan fingerprint density at radius 1 is 1.33 bits per heavy atom. The molecule has 8 heteroatoms. The van der Waals surface area contributed by atoms with Crippen molar-refractivity contribution in [3.63, 3.8) is 0 Å². The largest absolute Gasteiger partial charge is 0.347 e. The minimum Gasteiger partial charge on any atom is -0.347 e. The highest BCUT2D eigenvalue weighted by Gasteiger charge is 2.11. The monoisotopic (exact) mass is 299 g/mol. The Morgan fingerprint density at radius 2 is 2.24 bits per heavy atom. The summed E-state index contributed by atoms with van der Waals surface area (Å²) in [6.07, 6.45) is 3.58. The van der Waals surface area contributed by atoms with Crippen LogP contribution in [-0.2, 0) is 6.54 Å². The van der Waals surface area contributed by atoms with Crippen molar-refractivity contribution in [2.24, 2.45) is 0 Å². The maximum atomic E-state index is 12.1. The van der Waals surface area contributed by atoms with Crippen LogP contribution in [-0.4, -0.2) is 25.6 Å². The van der Waals surface area contributed by atoms with E-state index in [1.165, 1.54) is 11.3 Å². The predicted molar refractivity (Wildman–Crippen MR) is 76.0 cm³/mol. The number of amides is 1. The van der Waals surface area contributed by atoms with Crippen molar-refractivity contribution < 1.29 is 9.42 Å². The van der Waals surface area contributed by atoms with Crippen molar-refractivity contribution in [1.82, 2.24) is 25.0 Å². The molecule has 0 unspecified atom stereocenters. The van der Waals surface area contributed by atoms with Gasteiger partial charge in [0.25, 0.3) is 5.91 Å². The van der Waals surface area contributed by atoms with Crippen LogP contribution in [0.2, 0.25) is 0 Å². The predicted octanol–water partition coefficient (Wildman–Crippen LogP) is 1.86. The molecule has 0 radical (unpaired) electrons. The number of aromatic nitrogens is 4. The number of rotatable bonds is 3. The molecule has 1 amide bonds. The number of carbonyl (C=O) groups excluding carboxylic acids is 1. The van der Waals surface area contributed by atoms with Gasteiger partial charge in [-0.25, -0.2) is 9.61 Å². The second-order valence-electron chi connectivity index (χ2n) is 4.49. The van der Waals surface area contributed by atoms with Gasteiger partial charge in [-0.1, -0.05) is 6.07 Å². The van der Waals surface area contributed by atoms with Gasteiger partial charge in [0.15, 0.2) is 4.96 Å². The zero-order valence-electron chi connectivity index (χ0n) is 10.7. The lowest BCUT2D eigenvalue weighted by atomic mass is 10.2. The van der Waals surface area contributed by atoms with Crippen molar-refractivity contribution in [1.29, 1.82) is 0 Å². The first-order chi connectivity index (χ1) is 10.3. The summed E-state index contributed by atoms with van der Waals surface area (Å²) in [6.45, 7) is 0.396. The van der Waals surface area contributed by atoms with Crippen molar-refractivity contribution in [3.8, 4) is 0 Å². The van der Waals surface area contributed by atoms with E-state index in [1.54, 1.807) is 12.3 Å². The van der Waals surface area contributed by atoms with E-state index in [2.05, 4.69) is 25.2 Å². The summed E-state index contributed by atoms with van der Waals surface area (Å²) in [5, 5.41) is 12.3. The molecule has 3 heterocycles. The molecule has 0 bridgehead atoms. The minimum absolute atomic E-state index is 0.204. The van der Waals surface area contributed by atoms with E-state index in [0.29, 0.717) is 23.3 Å². The minimum atomic E-state index is -0.204. The van der Waals surface area contributed by atoms with Crippen molar-refractivity contribution in [2.45, 2.75) is 6.54 Å². The fraction of sp³-hybridized carbons (Fsp3) is 0.0769. The molecular weight excluding hydrogens is 290 g/mol. The molecular formula is C13H9N5O2S. The second kappa shape index (κ2) is 4.67. The van der Waals surface area contributed by atoms with E-state index >= 15 is 0 Å². The number of hydrogen-bond acceptors (Lipinski definition) is 6. The number of carbonyl (C=O) groups is 1. The van der Waals surface area contributed by atoms with Crippen molar-refractivity contribution >= 4 is 33.2 Å². The van der Waals surface area contributed by atoms with Gasteiger partial charge in [0.2, 0.25) is 0 Å². The van der Waals surface area contributed by atoms with E-state index in [-0.39, 0.29) is 5.91 Å². The summed E-state index contributed by atoms with van der Waals surface area (Å²) in [6, 6.07) is 5.51. The molecule has 0 fully saturated rings. The van der Waals surface area contributed by atoms with Crippen LogP contribution in [0, 0.1) is 0 Å². The van der Waals surface area contributed by atoms with Crippen LogP contribution < -0.4 is 5.32 Å². The van der Waals surface area contributed by atoms with Crippen LogP contribution in [0.15, 0.2) is 40.6 Å². The molecule has 4 rings (SSSR count). The maximum Gasteiger partial charge on any atom is 0.271 e. The SMILES string of the molecule is O=C(NCc1ccc2nonc2c1)c1cn2ccsc2n1. The number of fused-ring (bicyclic) bond motifs is 2. The maximum absolute atomic E-state index is 12.1. The summed E-state index contributed by atoms with van der Waals surface area (Å²) in [7, 11) is 0. The molecule has 0 spiro atoms. The summed E-state index contributed by atoms with van der Waals surface area (Å²) in [4.78, 5) is 17.1. The first kappa shape index (κ1) is 12.0. The average molecular weight is 299 g/mol. The van der Waals surface area contributed by atoms with Gasteiger partial charge in [-0.05, 0) is 28.0 Å². The molecule has 1 aromatic carbocycles. The summed E-state index contributed by atoms with van der Waals surface area (Å²) >= 11 is 1.49. The molecule has 7 nitrogen and oxygen atoms in total. The standard InChI is InChI=1S/C13H9N5O2S/c19-12(11-7-18-3-4-21-13(18)15-11)14-6-8-1-2-9-10(5-8)17-20-16-9/h1-5,7H,6H2,(H,14,19). The second-order valence-corrected chi connectivity index (χ2v) is 5.36. The zero-order chi connectivity index (χ0) is 14.2. The Morgan fingerprint density at radius 3 is 3.14 bits per heavy atom. The zero-order valence-corrected chi connectivity index (χ0v) is 11.5. The summed E-state index contributed by atoms with van der Waals surface area (Å²) < 4.78 is 6.47. The first-order valence-corrected chi connectivity index (χ1v) is 7.09. The molecule has 3 aromatic heterocycles. The fourth-order valence-corrected chi connectivity index (χ4v) is 2.75. The lowest BCUT2D eigenvalue weighted by Gasteiger charge is -2.02. The topological polar surface area (TPSA) is 85.3 Å². The molecule has 104 valence electrons. The molecule has 0 aliphatic carbocycles. The Kier molecular flexibility index (Phi) is 2.68. The number of nitrogens with one attached hydrogen (secondary N) is 1. The third kappa shape index (κ3) is 2.15. The Labute approximate surface area is 122 Å². The molecule has 0 aliphatic heterocycles. The third-order valence-corrected chi connectivity index (χ3v) is 3.87. The molecule has 0 saturated carbocycles. The molecule has 0 atom stereocenters. The quantitative estimate of drug-likeness (QED) is 0.624. The van der Waals surface area contributed by atoms with E-state index in [4.69, 9.17) is 0 Å². The molecule has 1 N–H and O–H groups in total. The lowest BCUT2D eigenvalue weighted by Crippen LogP contribution is -2.23. The van der Waals surface area contributed by atoms with Gasteiger partial charge in [-0.3, -0.25) is 9.20 Å². The van der Waals surface area contributed by atoms with Gasteiger partial charge in [-0.15, -0.1) is 11.3 Å². The van der Waals surface area contributed by atoms with Gasteiger partial charge < -0.3 is 5.32 Å². The summed E-state index contributed by atoms with van der Waals surface area (Å²) in [5.41, 5.74) is 2.70. The fourth-order valence-electron chi connectivity index (χ4n) is 2.05. The number of benzene rings is 1. The van der Waals surface area contributed by atoms with Crippen LogP contribution >= 0.6 is 11.3 Å².